The molecule has 2 heterocycles. The molecular weight excluding hydrogens is 524 g/mol. The first-order valence-electron chi connectivity index (χ1n) is 10.5. The second kappa shape index (κ2) is 9.21. The number of benzene rings is 2. The monoisotopic (exact) mass is 545 g/mol. The third-order valence-corrected chi connectivity index (χ3v) is 8.20. The third-order valence-electron chi connectivity index (χ3n) is 6.09. The number of rotatable bonds is 6. The molecule has 0 aliphatic carbocycles. The van der Waals surface area contributed by atoms with Gasteiger partial charge in [-0.25, -0.2) is 22.7 Å². The minimum atomic E-state index is -4.39. The number of nitrogens with zero attached hydrogens (tertiary/aromatic N) is 1. The number of hydrogen-bond donors (Lipinski definition) is 3. The topological polar surface area (TPSA) is 135 Å². The molecule has 3 aromatic rings. The van der Waals surface area contributed by atoms with Crippen LogP contribution >= 0.6 is 23.2 Å². The van der Waals surface area contributed by atoms with Gasteiger partial charge in [-0.2, -0.15) is 4.72 Å². The number of hydrogen-bond acceptors (Lipinski definition) is 7. The van der Waals surface area contributed by atoms with Gasteiger partial charge in [0.25, 0.3) is 0 Å². The molecule has 13 heteroatoms. The lowest BCUT2D eigenvalue weighted by molar-refractivity contribution is 0.0135. The zero-order valence-corrected chi connectivity index (χ0v) is 21.2. The van der Waals surface area contributed by atoms with Crippen LogP contribution in [-0.2, 0) is 15.6 Å². The first kappa shape index (κ1) is 25.6. The molecule has 1 unspecified atom stereocenters. The molecule has 1 aliphatic rings. The Morgan fingerprint density at radius 2 is 1.94 bits per heavy atom. The predicted octanol–water partition coefficient (Wildman–Crippen LogP) is 3.93. The van der Waals surface area contributed by atoms with Gasteiger partial charge in [-0.05, 0) is 49.2 Å². The Hall–Kier alpha value is -2.44. The molecule has 0 fully saturated rings. The fourth-order valence-electron chi connectivity index (χ4n) is 4.24. The smallest absolute Gasteiger partial charge is 0.434 e. The summed E-state index contributed by atoms with van der Waals surface area (Å²) in [4.78, 5) is 11.4. The van der Waals surface area contributed by atoms with Crippen LogP contribution in [-0.4, -0.2) is 30.3 Å². The standard InChI is InChI=1S/C22H22Cl2FN3O6S/c1-10-14(25)6-4-12(23)16(10)11(2)18(20-26-27-21(29)34-20)28-35(31,32)15-7-5-13(24)17-19(15)33-9-8-22(17,3)30/h4-7,11,18,28,30H,8-9H2,1-3H3,(H,27,29)/t11-,18+,22?/m1/s1. The Balaban J connectivity index is 1.84. The van der Waals surface area contributed by atoms with Gasteiger partial charge in [0.05, 0.1) is 17.2 Å². The van der Waals surface area contributed by atoms with Crippen LogP contribution in [0.4, 0.5) is 4.39 Å². The maximum Gasteiger partial charge on any atom is 0.434 e. The van der Waals surface area contributed by atoms with E-state index in [0.717, 1.165) is 0 Å². The van der Waals surface area contributed by atoms with E-state index < -0.39 is 39.2 Å². The average Bonchev–Trinajstić information content (AvgIpc) is 3.20. The van der Waals surface area contributed by atoms with Gasteiger partial charge in [0.15, 0.2) is 0 Å². The SMILES string of the molecule is Cc1c(F)ccc(Cl)c1[C@@H](C)[C@H](NS(=O)(=O)c1ccc(Cl)c2c1OCCC2(C)O)c1n[nH]c(=O)o1. The highest BCUT2D eigenvalue weighted by molar-refractivity contribution is 7.89. The lowest BCUT2D eigenvalue weighted by Gasteiger charge is -2.33. The molecular formula is C22H22Cl2FN3O6S. The predicted molar refractivity (Wildman–Crippen MR) is 126 cm³/mol. The van der Waals surface area contributed by atoms with Crippen molar-refractivity contribution >= 4 is 33.2 Å². The van der Waals surface area contributed by atoms with Crippen molar-refractivity contribution in [3.63, 3.8) is 0 Å². The fraction of sp³-hybridized carbons (Fsp3) is 0.364. The van der Waals surface area contributed by atoms with E-state index in [9.17, 15) is 22.7 Å². The van der Waals surface area contributed by atoms with Gasteiger partial charge < -0.3 is 14.3 Å². The van der Waals surface area contributed by atoms with E-state index in [2.05, 4.69) is 14.9 Å². The van der Waals surface area contributed by atoms with Gasteiger partial charge in [0.2, 0.25) is 15.9 Å². The Kier molecular flexibility index (Phi) is 6.75. The van der Waals surface area contributed by atoms with Gasteiger partial charge in [0.1, 0.15) is 22.5 Å². The highest BCUT2D eigenvalue weighted by Crippen LogP contribution is 2.45. The summed E-state index contributed by atoms with van der Waals surface area (Å²) in [6.45, 7) is 4.68. The van der Waals surface area contributed by atoms with Crippen molar-refractivity contribution in [1.29, 1.82) is 0 Å². The summed E-state index contributed by atoms with van der Waals surface area (Å²) < 4.78 is 54.7. The van der Waals surface area contributed by atoms with E-state index in [0.29, 0.717) is 5.56 Å². The van der Waals surface area contributed by atoms with Crippen LogP contribution in [0, 0.1) is 12.7 Å². The minimum absolute atomic E-state index is 0.0645. The summed E-state index contributed by atoms with van der Waals surface area (Å²) in [5, 5.41) is 17.0. The van der Waals surface area contributed by atoms with Gasteiger partial charge in [-0.15, -0.1) is 5.10 Å². The van der Waals surface area contributed by atoms with Gasteiger partial charge in [0, 0.05) is 22.9 Å². The molecule has 0 saturated carbocycles. The van der Waals surface area contributed by atoms with Gasteiger partial charge in [-0.1, -0.05) is 30.1 Å². The van der Waals surface area contributed by atoms with Crippen molar-refractivity contribution < 1.29 is 27.1 Å². The molecule has 0 bridgehead atoms. The summed E-state index contributed by atoms with van der Waals surface area (Å²) in [5.41, 5.74) is -0.754. The second-order valence-electron chi connectivity index (χ2n) is 8.53. The van der Waals surface area contributed by atoms with E-state index >= 15 is 0 Å². The van der Waals surface area contributed by atoms with Crippen molar-refractivity contribution in [2.75, 3.05) is 6.61 Å². The lowest BCUT2D eigenvalue weighted by Crippen LogP contribution is -2.35. The summed E-state index contributed by atoms with van der Waals surface area (Å²) in [7, 11) is -4.39. The zero-order chi connectivity index (χ0) is 25.7. The van der Waals surface area contributed by atoms with Crippen LogP contribution in [0.2, 0.25) is 10.0 Å². The molecule has 35 heavy (non-hydrogen) atoms. The molecule has 3 N–H and O–H groups in total. The summed E-state index contributed by atoms with van der Waals surface area (Å²) in [6.07, 6.45) is 0.214. The van der Waals surface area contributed by atoms with Crippen molar-refractivity contribution in [2.45, 2.75) is 49.6 Å². The molecule has 2 aromatic carbocycles. The van der Waals surface area contributed by atoms with Crippen molar-refractivity contribution in [3.8, 4) is 5.75 Å². The van der Waals surface area contributed by atoms with Crippen LogP contribution in [0.15, 0.2) is 38.4 Å². The van der Waals surface area contributed by atoms with Crippen LogP contribution in [0.25, 0.3) is 0 Å². The number of aromatic amines is 1. The van der Waals surface area contributed by atoms with E-state index in [-0.39, 0.29) is 50.7 Å². The normalized spacial score (nSPS) is 19.6. The maximum absolute atomic E-state index is 14.3. The molecule has 4 rings (SSSR count). The van der Waals surface area contributed by atoms with E-state index in [1.165, 1.54) is 38.1 Å². The third kappa shape index (κ3) is 4.70. The van der Waals surface area contributed by atoms with Crippen LogP contribution in [0.3, 0.4) is 0 Å². The molecule has 0 spiro atoms. The number of nitrogens with one attached hydrogen (secondary N) is 2. The first-order valence-corrected chi connectivity index (χ1v) is 12.8. The summed E-state index contributed by atoms with van der Waals surface area (Å²) in [6, 6.07) is 3.87. The van der Waals surface area contributed by atoms with E-state index in [4.69, 9.17) is 32.4 Å². The molecule has 3 atom stereocenters. The lowest BCUT2D eigenvalue weighted by atomic mass is 9.90. The maximum atomic E-state index is 14.3. The second-order valence-corrected chi connectivity index (χ2v) is 11.0. The summed E-state index contributed by atoms with van der Waals surface area (Å²) >= 11 is 12.6. The Labute approximate surface area is 210 Å². The Morgan fingerprint density at radius 3 is 2.60 bits per heavy atom. The molecule has 1 aromatic heterocycles. The molecule has 188 valence electrons. The minimum Gasteiger partial charge on any atom is -0.492 e. The zero-order valence-electron chi connectivity index (χ0n) is 18.9. The largest absolute Gasteiger partial charge is 0.492 e. The molecule has 9 nitrogen and oxygen atoms in total. The van der Waals surface area contributed by atoms with Crippen LogP contribution in [0.1, 0.15) is 54.8 Å². The van der Waals surface area contributed by atoms with Crippen LogP contribution < -0.4 is 15.2 Å². The van der Waals surface area contributed by atoms with Crippen molar-refractivity contribution in [2.24, 2.45) is 0 Å². The number of aliphatic hydroxyl groups is 1. The van der Waals surface area contributed by atoms with Gasteiger partial charge >= 0.3 is 5.76 Å². The van der Waals surface area contributed by atoms with Gasteiger partial charge in [-0.3, -0.25) is 0 Å². The van der Waals surface area contributed by atoms with Crippen molar-refractivity contribution in [1.82, 2.24) is 14.9 Å². The number of fused-ring (bicyclic) bond motifs is 1. The molecule has 0 radical (unpaired) electrons. The number of ether oxygens (including phenoxy) is 1. The van der Waals surface area contributed by atoms with Crippen molar-refractivity contribution in [3.05, 3.63) is 73.3 Å². The summed E-state index contributed by atoms with van der Waals surface area (Å²) in [5.74, 6) is -2.63. The first-order chi connectivity index (χ1) is 16.3. The Bertz CT molecular complexity index is 1450. The fourth-order valence-corrected chi connectivity index (χ4v) is 6.39. The molecule has 0 amide bonds. The quantitative estimate of drug-likeness (QED) is 0.427. The average molecular weight is 546 g/mol. The number of halogens is 3. The molecule has 1 aliphatic heterocycles. The highest BCUT2D eigenvalue weighted by Gasteiger charge is 2.39. The Morgan fingerprint density at radius 1 is 1.26 bits per heavy atom. The van der Waals surface area contributed by atoms with E-state index in [1.54, 1.807) is 6.92 Å². The number of H-pyrrole nitrogens is 1. The molecule has 0 saturated heterocycles. The number of sulfonamides is 1. The van der Waals surface area contributed by atoms with Crippen LogP contribution in [0.5, 0.6) is 5.75 Å². The van der Waals surface area contributed by atoms with E-state index in [1.807, 2.05) is 0 Å². The highest BCUT2D eigenvalue weighted by atomic mass is 35.5. The number of aromatic nitrogens is 2.